The number of carbonyl (C=O) groups excluding carboxylic acids is 1. The fourth-order valence-corrected chi connectivity index (χ4v) is 1.85. The van der Waals surface area contributed by atoms with Crippen LogP contribution in [-0.4, -0.2) is 74.5 Å². The van der Waals surface area contributed by atoms with Crippen molar-refractivity contribution in [1.82, 2.24) is 5.32 Å². The smallest absolute Gasteiger partial charge is 0.370 e. The van der Waals surface area contributed by atoms with E-state index in [2.05, 4.69) is 5.32 Å². The van der Waals surface area contributed by atoms with Gasteiger partial charge in [-0.15, -0.1) is 0 Å². The number of carbonyl (C=O) groups is 2. The minimum absolute atomic E-state index is 0.541. The fourth-order valence-electron chi connectivity index (χ4n) is 1.85. The van der Waals surface area contributed by atoms with Crippen LogP contribution in [0.15, 0.2) is 11.8 Å². The summed E-state index contributed by atoms with van der Waals surface area (Å²) in [5.74, 6) is -2.63. The molecule has 0 aliphatic carbocycles. The summed E-state index contributed by atoms with van der Waals surface area (Å²) < 4.78 is 4.98. The van der Waals surface area contributed by atoms with Gasteiger partial charge in [0.25, 0.3) is 0 Å². The Bertz CT molecular complexity index is 409. The van der Waals surface area contributed by atoms with Crippen LogP contribution in [0.2, 0.25) is 0 Å². The average molecular weight is 291 g/mol. The van der Waals surface area contributed by atoms with Crippen molar-refractivity contribution in [3.8, 4) is 0 Å². The van der Waals surface area contributed by atoms with Gasteiger partial charge in [-0.3, -0.25) is 4.79 Å². The third-order valence-electron chi connectivity index (χ3n) is 2.81. The van der Waals surface area contributed by atoms with Gasteiger partial charge in [-0.25, -0.2) is 4.79 Å². The Hall–Kier alpha value is -1.68. The van der Waals surface area contributed by atoms with Crippen LogP contribution in [0.25, 0.3) is 0 Å². The predicted octanol–water partition coefficient (Wildman–Crippen LogP) is -3.07. The highest BCUT2D eigenvalue weighted by Crippen LogP contribution is 2.22. The highest BCUT2D eigenvalue weighted by atomic mass is 16.5. The van der Waals surface area contributed by atoms with E-state index in [4.69, 9.17) is 14.9 Å². The molecule has 0 saturated carbocycles. The Morgan fingerprint density at radius 1 is 1.45 bits per heavy atom. The first-order valence-corrected chi connectivity index (χ1v) is 5.81. The molecule has 0 radical (unpaired) electrons. The molecule has 9 heteroatoms. The summed E-state index contributed by atoms with van der Waals surface area (Å²) in [5, 5.41) is 49.0. The largest absolute Gasteiger partial charge is 0.478 e. The summed E-state index contributed by atoms with van der Waals surface area (Å²) in [6.07, 6.45) is -5.29. The van der Waals surface area contributed by atoms with E-state index in [1.807, 2.05) is 0 Å². The lowest BCUT2D eigenvalue weighted by molar-refractivity contribution is -0.149. The summed E-state index contributed by atoms with van der Waals surface area (Å²) >= 11 is 0. The van der Waals surface area contributed by atoms with Crippen LogP contribution >= 0.6 is 0 Å². The average Bonchev–Trinajstić information content (AvgIpc) is 2.38. The first kappa shape index (κ1) is 16.4. The number of aliphatic hydroxyl groups is 4. The number of hydrogen-bond donors (Lipinski definition) is 6. The molecule has 1 aliphatic heterocycles. The second-order valence-electron chi connectivity index (χ2n) is 4.38. The second-order valence-corrected chi connectivity index (χ2v) is 4.38. The lowest BCUT2D eigenvalue weighted by atomic mass is 9.94. The normalized spacial score (nSPS) is 28.9. The standard InChI is InChI=1S/C11H17NO8/c1-4(14)12-8-5(15)2-7(11(18)19)20-10(8)9(17)6(16)3-13/h2,5-6,8-10,13,15-17H,3H2,1H3,(H,12,14)(H,18,19)/t5?,6-,8-,9-,10-/m1/s1. The molecule has 6 N–H and O–H groups in total. The summed E-state index contributed by atoms with van der Waals surface area (Å²) in [6.45, 7) is 0.366. The number of hydrogen-bond acceptors (Lipinski definition) is 7. The van der Waals surface area contributed by atoms with Crippen LogP contribution in [0.5, 0.6) is 0 Å². The zero-order valence-electron chi connectivity index (χ0n) is 10.6. The lowest BCUT2D eigenvalue weighted by Gasteiger charge is -2.37. The maximum atomic E-state index is 11.1. The molecular weight excluding hydrogens is 274 g/mol. The molecule has 114 valence electrons. The van der Waals surface area contributed by atoms with Crippen LogP contribution < -0.4 is 5.32 Å². The van der Waals surface area contributed by atoms with Crippen LogP contribution in [0.1, 0.15) is 6.92 Å². The van der Waals surface area contributed by atoms with Crippen LogP contribution in [0.4, 0.5) is 0 Å². The van der Waals surface area contributed by atoms with Crippen molar-refractivity contribution in [2.45, 2.75) is 37.4 Å². The minimum Gasteiger partial charge on any atom is -0.478 e. The summed E-state index contributed by atoms with van der Waals surface area (Å²) in [4.78, 5) is 21.9. The Morgan fingerprint density at radius 3 is 2.50 bits per heavy atom. The van der Waals surface area contributed by atoms with E-state index in [-0.39, 0.29) is 0 Å². The molecule has 0 aromatic carbocycles. The SMILES string of the molecule is CC(=O)N[C@@H]1C(O)C=C(C(=O)O)O[C@H]1[C@H](O)[C@H](O)CO. The van der Waals surface area contributed by atoms with Crippen molar-refractivity contribution in [2.75, 3.05) is 6.61 Å². The van der Waals surface area contributed by atoms with Crippen molar-refractivity contribution in [2.24, 2.45) is 0 Å². The number of rotatable bonds is 5. The van der Waals surface area contributed by atoms with Gasteiger partial charge in [-0.2, -0.15) is 0 Å². The van der Waals surface area contributed by atoms with Crippen molar-refractivity contribution >= 4 is 11.9 Å². The first-order chi connectivity index (χ1) is 9.27. The molecule has 0 aromatic heterocycles. The number of aliphatic hydroxyl groups excluding tert-OH is 4. The van der Waals surface area contributed by atoms with E-state index in [1.165, 1.54) is 0 Å². The maximum Gasteiger partial charge on any atom is 0.370 e. The van der Waals surface area contributed by atoms with Crippen LogP contribution in [0.3, 0.4) is 0 Å². The van der Waals surface area contributed by atoms with E-state index in [9.17, 15) is 24.9 Å². The van der Waals surface area contributed by atoms with Gasteiger partial charge >= 0.3 is 5.97 Å². The molecule has 0 fully saturated rings. The molecule has 1 heterocycles. The number of ether oxygens (including phenoxy) is 1. The molecule has 0 saturated heterocycles. The molecule has 0 bridgehead atoms. The third kappa shape index (κ3) is 3.67. The lowest BCUT2D eigenvalue weighted by Crippen LogP contribution is -2.59. The Labute approximate surface area is 114 Å². The topological polar surface area (TPSA) is 157 Å². The summed E-state index contributed by atoms with van der Waals surface area (Å²) in [6, 6.07) is -1.16. The van der Waals surface area contributed by atoms with E-state index in [1.54, 1.807) is 0 Å². The van der Waals surface area contributed by atoms with Crippen molar-refractivity contribution < 1.29 is 39.9 Å². The van der Waals surface area contributed by atoms with Crippen molar-refractivity contribution in [1.29, 1.82) is 0 Å². The Balaban J connectivity index is 3.04. The van der Waals surface area contributed by atoms with Gasteiger partial charge in [0, 0.05) is 6.92 Å². The monoisotopic (exact) mass is 291 g/mol. The highest BCUT2D eigenvalue weighted by molar-refractivity contribution is 5.84. The van der Waals surface area contributed by atoms with Gasteiger partial charge in [0.05, 0.1) is 12.6 Å². The van der Waals surface area contributed by atoms with Gasteiger partial charge in [-0.05, 0) is 6.08 Å². The van der Waals surface area contributed by atoms with Crippen LogP contribution in [0, 0.1) is 0 Å². The maximum absolute atomic E-state index is 11.1. The van der Waals surface area contributed by atoms with E-state index in [0.717, 1.165) is 13.0 Å². The number of carboxylic acids is 1. The highest BCUT2D eigenvalue weighted by Gasteiger charge is 2.42. The molecule has 1 rings (SSSR count). The Kier molecular flexibility index (Phi) is 5.45. The van der Waals surface area contributed by atoms with Crippen LogP contribution in [-0.2, 0) is 14.3 Å². The number of aliphatic carboxylic acids is 1. The van der Waals surface area contributed by atoms with E-state index < -0.39 is 54.7 Å². The quantitative estimate of drug-likeness (QED) is 0.311. The molecule has 1 unspecified atom stereocenters. The summed E-state index contributed by atoms with van der Waals surface area (Å²) in [7, 11) is 0. The zero-order chi connectivity index (χ0) is 15.4. The van der Waals surface area contributed by atoms with E-state index >= 15 is 0 Å². The zero-order valence-corrected chi connectivity index (χ0v) is 10.6. The van der Waals surface area contributed by atoms with Gasteiger partial charge < -0.3 is 35.6 Å². The minimum atomic E-state index is -1.70. The molecule has 0 aromatic rings. The van der Waals surface area contributed by atoms with Gasteiger partial charge in [0.15, 0.2) is 6.10 Å². The van der Waals surface area contributed by atoms with Gasteiger partial charge in [-0.1, -0.05) is 0 Å². The molecule has 1 amide bonds. The van der Waals surface area contributed by atoms with Crippen molar-refractivity contribution in [3.05, 3.63) is 11.8 Å². The fraction of sp³-hybridized carbons (Fsp3) is 0.636. The molecule has 0 spiro atoms. The molecular formula is C11H17NO8. The second kappa shape index (κ2) is 6.66. The number of amides is 1. The van der Waals surface area contributed by atoms with Crippen molar-refractivity contribution in [3.63, 3.8) is 0 Å². The summed E-state index contributed by atoms with van der Waals surface area (Å²) in [5.41, 5.74) is 0. The Morgan fingerprint density at radius 2 is 2.05 bits per heavy atom. The van der Waals surface area contributed by atoms with E-state index in [0.29, 0.717) is 0 Å². The molecule has 20 heavy (non-hydrogen) atoms. The van der Waals surface area contributed by atoms with Gasteiger partial charge in [0.1, 0.15) is 18.3 Å². The predicted molar refractivity (Wildman–Crippen MR) is 63.3 cm³/mol. The first-order valence-electron chi connectivity index (χ1n) is 5.81. The third-order valence-corrected chi connectivity index (χ3v) is 2.81. The number of carboxylic acid groups (broad SMARTS) is 1. The molecule has 1 aliphatic rings. The van der Waals surface area contributed by atoms with Gasteiger partial charge in [0.2, 0.25) is 11.7 Å². The number of nitrogens with one attached hydrogen (secondary N) is 1. The molecule has 9 nitrogen and oxygen atoms in total. The molecule has 5 atom stereocenters.